The molecule has 0 aliphatic heterocycles. The van der Waals surface area contributed by atoms with Crippen LogP contribution in [0.5, 0.6) is 5.88 Å². The molecule has 13 heavy (non-hydrogen) atoms. The van der Waals surface area contributed by atoms with Gasteiger partial charge < -0.3 is 4.74 Å². The molecule has 0 bridgehead atoms. The standard InChI is InChI=1S/C7H7BrN2O3/c1-4-5(10(11)12)3-9-7(13-2)6(4)8/h3H,1-2H3. The summed E-state index contributed by atoms with van der Waals surface area (Å²) in [6.07, 6.45) is 1.18. The van der Waals surface area contributed by atoms with Gasteiger partial charge in [0.05, 0.1) is 16.5 Å². The molecule has 0 saturated carbocycles. The molecule has 6 heteroatoms. The normalized spacial score (nSPS) is 9.77. The molecule has 1 aromatic rings. The van der Waals surface area contributed by atoms with Crippen molar-refractivity contribution in [1.29, 1.82) is 0 Å². The van der Waals surface area contributed by atoms with Crippen LogP contribution >= 0.6 is 15.9 Å². The van der Waals surface area contributed by atoms with Gasteiger partial charge in [-0.3, -0.25) is 10.1 Å². The van der Waals surface area contributed by atoms with Crippen LogP contribution in [0, 0.1) is 17.0 Å². The fourth-order valence-electron chi connectivity index (χ4n) is 0.872. The summed E-state index contributed by atoms with van der Waals surface area (Å²) in [4.78, 5) is 13.8. The van der Waals surface area contributed by atoms with E-state index in [-0.39, 0.29) is 5.69 Å². The van der Waals surface area contributed by atoms with Crippen molar-refractivity contribution < 1.29 is 9.66 Å². The summed E-state index contributed by atoms with van der Waals surface area (Å²) in [5.74, 6) is 0.350. The van der Waals surface area contributed by atoms with Crippen molar-refractivity contribution in [3.05, 3.63) is 26.3 Å². The van der Waals surface area contributed by atoms with Crippen molar-refractivity contribution in [1.82, 2.24) is 4.98 Å². The summed E-state index contributed by atoms with van der Waals surface area (Å²) >= 11 is 3.17. The van der Waals surface area contributed by atoms with E-state index in [2.05, 4.69) is 20.9 Å². The van der Waals surface area contributed by atoms with Crippen molar-refractivity contribution >= 4 is 21.6 Å². The molecule has 0 aliphatic carbocycles. The number of rotatable bonds is 2. The maximum Gasteiger partial charge on any atom is 0.291 e. The number of hydrogen-bond acceptors (Lipinski definition) is 4. The van der Waals surface area contributed by atoms with E-state index >= 15 is 0 Å². The van der Waals surface area contributed by atoms with Crippen LogP contribution in [-0.2, 0) is 0 Å². The second-order valence-corrected chi connectivity index (χ2v) is 3.14. The average Bonchev–Trinajstić information content (AvgIpc) is 2.09. The highest BCUT2D eigenvalue weighted by atomic mass is 79.9. The Hall–Kier alpha value is -1.17. The number of methoxy groups -OCH3 is 1. The Morgan fingerprint density at radius 2 is 2.31 bits per heavy atom. The second-order valence-electron chi connectivity index (χ2n) is 2.35. The van der Waals surface area contributed by atoms with E-state index in [0.29, 0.717) is 15.9 Å². The summed E-state index contributed by atoms with van der Waals surface area (Å²) in [6.45, 7) is 1.63. The molecule has 1 heterocycles. The first-order chi connectivity index (χ1) is 6.07. The van der Waals surface area contributed by atoms with E-state index < -0.39 is 4.92 Å². The van der Waals surface area contributed by atoms with Gasteiger partial charge in [0.1, 0.15) is 6.20 Å². The van der Waals surface area contributed by atoms with E-state index in [1.807, 2.05) is 0 Å². The molecular weight excluding hydrogens is 240 g/mol. The molecule has 1 rings (SSSR count). The smallest absolute Gasteiger partial charge is 0.291 e. The average molecular weight is 247 g/mol. The van der Waals surface area contributed by atoms with Gasteiger partial charge in [0.2, 0.25) is 5.88 Å². The monoisotopic (exact) mass is 246 g/mol. The van der Waals surface area contributed by atoms with E-state index in [4.69, 9.17) is 4.74 Å². The number of aromatic nitrogens is 1. The quantitative estimate of drug-likeness (QED) is 0.592. The van der Waals surface area contributed by atoms with Gasteiger partial charge in [-0.05, 0) is 22.9 Å². The van der Waals surface area contributed by atoms with Gasteiger partial charge in [-0.25, -0.2) is 4.98 Å². The molecule has 0 N–H and O–H groups in total. The molecule has 0 radical (unpaired) electrons. The molecule has 0 aliphatic rings. The van der Waals surface area contributed by atoms with Gasteiger partial charge in [0.15, 0.2) is 0 Å². The second kappa shape index (κ2) is 3.69. The Labute approximate surface area is 83.0 Å². The Balaban J connectivity index is 3.31. The van der Waals surface area contributed by atoms with Gasteiger partial charge in [-0.1, -0.05) is 0 Å². The maximum atomic E-state index is 10.5. The SMILES string of the molecule is COc1ncc([N+](=O)[O-])c(C)c1Br. The highest BCUT2D eigenvalue weighted by molar-refractivity contribution is 9.10. The first-order valence-electron chi connectivity index (χ1n) is 3.41. The zero-order valence-electron chi connectivity index (χ0n) is 7.07. The maximum absolute atomic E-state index is 10.5. The highest BCUT2D eigenvalue weighted by Crippen LogP contribution is 2.31. The number of nitrogens with zero attached hydrogens (tertiary/aromatic N) is 2. The highest BCUT2D eigenvalue weighted by Gasteiger charge is 2.17. The molecule has 5 nitrogen and oxygen atoms in total. The summed E-state index contributed by atoms with van der Waals surface area (Å²) < 4.78 is 5.40. The van der Waals surface area contributed by atoms with E-state index in [9.17, 15) is 10.1 Å². The lowest BCUT2D eigenvalue weighted by molar-refractivity contribution is -0.385. The summed E-state index contributed by atoms with van der Waals surface area (Å²) in [6, 6.07) is 0. The predicted octanol–water partition coefficient (Wildman–Crippen LogP) is 2.07. The number of halogens is 1. The number of nitro groups is 1. The van der Waals surface area contributed by atoms with E-state index in [1.54, 1.807) is 6.92 Å². The molecule has 0 saturated heterocycles. The van der Waals surface area contributed by atoms with Crippen LogP contribution in [0.3, 0.4) is 0 Å². The Bertz CT molecular complexity index is 354. The third-order valence-electron chi connectivity index (χ3n) is 1.60. The minimum absolute atomic E-state index is 0.0207. The third kappa shape index (κ3) is 1.77. The Morgan fingerprint density at radius 3 is 2.77 bits per heavy atom. The fourth-order valence-corrected chi connectivity index (χ4v) is 1.34. The van der Waals surface area contributed by atoms with Crippen molar-refractivity contribution in [2.24, 2.45) is 0 Å². The predicted molar refractivity (Wildman–Crippen MR) is 49.9 cm³/mol. The summed E-state index contributed by atoms with van der Waals surface area (Å²) in [7, 11) is 1.46. The lowest BCUT2D eigenvalue weighted by Gasteiger charge is -2.04. The molecule has 1 aromatic heterocycles. The molecule has 0 unspecified atom stereocenters. The van der Waals surface area contributed by atoms with Gasteiger partial charge in [-0.15, -0.1) is 0 Å². The van der Waals surface area contributed by atoms with Gasteiger partial charge in [0, 0.05) is 5.56 Å². The summed E-state index contributed by atoms with van der Waals surface area (Å²) in [5.41, 5.74) is 0.490. The zero-order valence-corrected chi connectivity index (χ0v) is 8.66. The van der Waals surface area contributed by atoms with Crippen molar-refractivity contribution in [2.75, 3.05) is 7.11 Å². The third-order valence-corrected chi connectivity index (χ3v) is 2.53. The molecule has 0 aromatic carbocycles. The lowest BCUT2D eigenvalue weighted by Crippen LogP contribution is -1.97. The van der Waals surface area contributed by atoms with Crippen LogP contribution in [0.2, 0.25) is 0 Å². The first kappa shape index (κ1) is 9.91. The van der Waals surface area contributed by atoms with Gasteiger partial charge >= 0.3 is 0 Å². The lowest BCUT2D eigenvalue weighted by atomic mass is 10.2. The largest absolute Gasteiger partial charge is 0.480 e. The fraction of sp³-hybridized carbons (Fsp3) is 0.286. The van der Waals surface area contributed by atoms with E-state index in [0.717, 1.165) is 0 Å². The van der Waals surface area contributed by atoms with Crippen LogP contribution < -0.4 is 4.74 Å². The Kier molecular flexibility index (Phi) is 2.82. The van der Waals surface area contributed by atoms with Crippen molar-refractivity contribution in [2.45, 2.75) is 6.92 Å². The van der Waals surface area contributed by atoms with Crippen LogP contribution in [0.4, 0.5) is 5.69 Å². The van der Waals surface area contributed by atoms with Gasteiger partial charge in [0.25, 0.3) is 5.69 Å². The molecule has 70 valence electrons. The van der Waals surface area contributed by atoms with Crippen molar-refractivity contribution in [3.8, 4) is 5.88 Å². The van der Waals surface area contributed by atoms with Crippen LogP contribution in [0.15, 0.2) is 10.7 Å². The minimum Gasteiger partial charge on any atom is -0.480 e. The molecule has 0 amide bonds. The minimum atomic E-state index is -0.480. The van der Waals surface area contributed by atoms with Gasteiger partial charge in [-0.2, -0.15) is 0 Å². The molecular formula is C7H7BrN2O3. The zero-order chi connectivity index (χ0) is 10.0. The number of hydrogen-bond donors (Lipinski definition) is 0. The Morgan fingerprint density at radius 1 is 1.69 bits per heavy atom. The molecule has 0 atom stereocenters. The van der Waals surface area contributed by atoms with E-state index in [1.165, 1.54) is 13.3 Å². The molecule has 0 fully saturated rings. The van der Waals surface area contributed by atoms with Crippen LogP contribution in [-0.4, -0.2) is 17.0 Å². The van der Waals surface area contributed by atoms with Crippen LogP contribution in [0.1, 0.15) is 5.56 Å². The topological polar surface area (TPSA) is 65.3 Å². The van der Waals surface area contributed by atoms with Crippen LogP contribution in [0.25, 0.3) is 0 Å². The summed E-state index contributed by atoms with van der Waals surface area (Å²) in [5, 5.41) is 10.5. The van der Waals surface area contributed by atoms with Crippen molar-refractivity contribution in [3.63, 3.8) is 0 Å². The number of ether oxygens (including phenoxy) is 1. The first-order valence-corrected chi connectivity index (χ1v) is 4.20. The number of pyridine rings is 1. The molecule has 0 spiro atoms.